The second kappa shape index (κ2) is 5.55. The first-order valence-electron chi connectivity index (χ1n) is 7.03. The highest BCUT2D eigenvalue weighted by atomic mass is 15.2. The molecule has 4 heteroatoms. The number of hydrogen-bond donors (Lipinski definition) is 1. The maximum absolute atomic E-state index is 5.98. The molecule has 1 aromatic rings. The smallest absolute Gasteiger partial charge is 0.137 e. The van der Waals surface area contributed by atoms with Gasteiger partial charge in [-0.2, -0.15) is 0 Å². The Hall–Kier alpha value is -1.32. The Kier molecular flexibility index (Phi) is 4.04. The summed E-state index contributed by atoms with van der Waals surface area (Å²) in [5.41, 5.74) is 7.01. The molecule has 1 aromatic heterocycles. The summed E-state index contributed by atoms with van der Waals surface area (Å²) in [5, 5.41) is 0. The Bertz CT molecular complexity index is 417. The Morgan fingerprint density at radius 2 is 2.11 bits per heavy atom. The minimum atomic E-state index is 0.635. The van der Waals surface area contributed by atoms with Crippen molar-refractivity contribution >= 4 is 11.6 Å². The lowest BCUT2D eigenvalue weighted by Crippen LogP contribution is -2.23. The average molecular weight is 248 g/mol. The third-order valence-electron chi connectivity index (χ3n) is 3.80. The van der Waals surface area contributed by atoms with Gasteiger partial charge in [0.2, 0.25) is 0 Å². The van der Waals surface area contributed by atoms with E-state index in [1.807, 2.05) is 6.92 Å². The van der Waals surface area contributed by atoms with Gasteiger partial charge in [-0.25, -0.2) is 9.97 Å². The van der Waals surface area contributed by atoms with Gasteiger partial charge in [-0.1, -0.05) is 20.3 Å². The van der Waals surface area contributed by atoms with Gasteiger partial charge in [-0.15, -0.1) is 0 Å². The zero-order chi connectivity index (χ0) is 13.1. The fraction of sp³-hybridized carbons (Fsp3) is 0.714. The predicted molar refractivity (Wildman–Crippen MR) is 75.8 cm³/mol. The van der Waals surface area contributed by atoms with Crippen molar-refractivity contribution in [3.05, 3.63) is 11.4 Å². The maximum atomic E-state index is 5.98. The second-order valence-electron chi connectivity index (χ2n) is 5.22. The van der Waals surface area contributed by atoms with E-state index in [1.165, 1.54) is 19.3 Å². The van der Waals surface area contributed by atoms with E-state index in [4.69, 9.17) is 5.73 Å². The van der Waals surface area contributed by atoms with Crippen molar-refractivity contribution in [3.8, 4) is 0 Å². The standard InChI is InChI=1S/C14H24N4/c1-4-6-11-7-8-18(9-11)14-10(3)13(15)16-12(5-2)17-14/h11H,4-9H2,1-3H3,(H2,15,16,17). The summed E-state index contributed by atoms with van der Waals surface area (Å²) in [6.07, 6.45) is 4.70. The van der Waals surface area contributed by atoms with E-state index in [1.54, 1.807) is 0 Å². The van der Waals surface area contributed by atoms with Crippen LogP contribution in [0, 0.1) is 12.8 Å². The molecular weight excluding hydrogens is 224 g/mol. The van der Waals surface area contributed by atoms with Crippen molar-refractivity contribution in [2.75, 3.05) is 23.7 Å². The van der Waals surface area contributed by atoms with E-state index < -0.39 is 0 Å². The Morgan fingerprint density at radius 3 is 2.78 bits per heavy atom. The first-order valence-corrected chi connectivity index (χ1v) is 7.03. The fourth-order valence-corrected chi connectivity index (χ4v) is 2.70. The van der Waals surface area contributed by atoms with Crippen molar-refractivity contribution in [1.82, 2.24) is 9.97 Å². The van der Waals surface area contributed by atoms with E-state index in [0.717, 1.165) is 42.6 Å². The highest BCUT2D eigenvalue weighted by Crippen LogP contribution is 2.29. The SMILES string of the molecule is CCCC1CCN(c2nc(CC)nc(N)c2C)C1. The minimum Gasteiger partial charge on any atom is -0.383 e. The molecule has 4 nitrogen and oxygen atoms in total. The van der Waals surface area contributed by atoms with E-state index in [2.05, 4.69) is 28.7 Å². The molecule has 0 bridgehead atoms. The monoisotopic (exact) mass is 248 g/mol. The molecule has 1 atom stereocenters. The zero-order valence-corrected chi connectivity index (χ0v) is 11.7. The number of rotatable bonds is 4. The number of hydrogen-bond acceptors (Lipinski definition) is 4. The highest BCUT2D eigenvalue weighted by molar-refractivity contribution is 5.57. The molecule has 18 heavy (non-hydrogen) atoms. The van der Waals surface area contributed by atoms with Gasteiger partial charge in [0.25, 0.3) is 0 Å². The molecule has 0 aromatic carbocycles. The molecule has 0 aliphatic carbocycles. The third-order valence-corrected chi connectivity index (χ3v) is 3.80. The lowest BCUT2D eigenvalue weighted by molar-refractivity contribution is 0.529. The largest absolute Gasteiger partial charge is 0.383 e. The van der Waals surface area contributed by atoms with E-state index in [9.17, 15) is 0 Å². The summed E-state index contributed by atoms with van der Waals surface area (Å²) in [6.45, 7) is 8.57. The Labute approximate surface area is 110 Å². The molecule has 0 saturated carbocycles. The van der Waals surface area contributed by atoms with Crippen LogP contribution in [0.3, 0.4) is 0 Å². The van der Waals surface area contributed by atoms with Crippen molar-refractivity contribution in [3.63, 3.8) is 0 Å². The fourth-order valence-electron chi connectivity index (χ4n) is 2.70. The average Bonchev–Trinajstić information content (AvgIpc) is 2.81. The second-order valence-corrected chi connectivity index (χ2v) is 5.22. The van der Waals surface area contributed by atoms with Gasteiger partial charge in [0.05, 0.1) is 0 Å². The van der Waals surface area contributed by atoms with Crippen LogP contribution in [-0.4, -0.2) is 23.1 Å². The quantitative estimate of drug-likeness (QED) is 0.889. The Morgan fingerprint density at radius 1 is 1.33 bits per heavy atom. The normalized spacial score (nSPS) is 19.5. The summed E-state index contributed by atoms with van der Waals surface area (Å²) in [7, 11) is 0. The van der Waals surface area contributed by atoms with Crippen LogP contribution < -0.4 is 10.6 Å². The van der Waals surface area contributed by atoms with Gasteiger partial charge in [0.1, 0.15) is 17.5 Å². The van der Waals surface area contributed by atoms with Crippen LogP contribution in [0.15, 0.2) is 0 Å². The maximum Gasteiger partial charge on any atom is 0.137 e. The molecule has 1 aliphatic heterocycles. The van der Waals surface area contributed by atoms with Gasteiger partial charge < -0.3 is 10.6 Å². The van der Waals surface area contributed by atoms with Crippen molar-refractivity contribution in [2.24, 2.45) is 5.92 Å². The Balaban J connectivity index is 2.20. The number of aromatic nitrogens is 2. The summed E-state index contributed by atoms with van der Waals surface area (Å²) >= 11 is 0. The van der Waals surface area contributed by atoms with Crippen LogP contribution in [0.1, 0.15) is 44.5 Å². The first kappa shape index (κ1) is 13.1. The lowest BCUT2D eigenvalue weighted by atomic mass is 10.0. The molecular formula is C14H24N4. The third kappa shape index (κ3) is 2.57. The number of aryl methyl sites for hydroxylation is 1. The van der Waals surface area contributed by atoms with Crippen molar-refractivity contribution in [1.29, 1.82) is 0 Å². The highest BCUT2D eigenvalue weighted by Gasteiger charge is 2.24. The predicted octanol–water partition coefficient (Wildman–Crippen LogP) is 2.56. The number of anilines is 2. The minimum absolute atomic E-state index is 0.635. The van der Waals surface area contributed by atoms with E-state index in [0.29, 0.717) is 5.82 Å². The molecule has 0 amide bonds. The molecule has 2 heterocycles. The number of nitrogens with zero attached hydrogens (tertiary/aromatic N) is 3. The summed E-state index contributed by atoms with van der Waals surface area (Å²) in [6, 6.07) is 0. The molecule has 2 N–H and O–H groups in total. The summed E-state index contributed by atoms with van der Waals surface area (Å²) in [4.78, 5) is 11.4. The molecule has 2 rings (SSSR count). The molecule has 0 spiro atoms. The van der Waals surface area contributed by atoms with Gasteiger partial charge >= 0.3 is 0 Å². The van der Waals surface area contributed by atoms with Crippen LogP contribution in [-0.2, 0) is 6.42 Å². The van der Waals surface area contributed by atoms with Gasteiger partial charge in [0.15, 0.2) is 0 Å². The molecule has 0 radical (unpaired) electrons. The zero-order valence-electron chi connectivity index (χ0n) is 11.7. The first-order chi connectivity index (χ1) is 8.65. The molecule has 1 aliphatic rings. The van der Waals surface area contributed by atoms with Gasteiger partial charge in [-0.3, -0.25) is 0 Å². The summed E-state index contributed by atoms with van der Waals surface area (Å²) in [5.74, 6) is 3.36. The van der Waals surface area contributed by atoms with E-state index >= 15 is 0 Å². The van der Waals surface area contributed by atoms with E-state index in [-0.39, 0.29) is 0 Å². The van der Waals surface area contributed by atoms with Crippen LogP contribution in [0.4, 0.5) is 11.6 Å². The summed E-state index contributed by atoms with van der Waals surface area (Å²) < 4.78 is 0. The van der Waals surface area contributed by atoms with Crippen LogP contribution in [0.5, 0.6) is 0 Å². The molecule has 1 saturated heterocycles. The van der Waals surface area contributed by atoms with Gasteiger partial charge in [-0.05, 0) is 25.7 Å². The van der Waals surface area contributed by atoms with Crippen LogP contribution in [0.25, 0.3) is 0 Å². The topological polar surface area (TPSA) is 55.0 Å². The van der Waals surface area contributed by atoms with Crippen LogP contribution in [0.2, 0.25) is 0 Å². The lowest BCUT2D eigenvalue weighted by Gasteiger charge is -2.21. The molecule has 100 valence electrons. The van der Waals surface area contributed by atoms with Crippen molar-refractivity contribution < 1.29 is 0 Å². The number of nitrogens with two attached hydrogens (primary N) is 1. The van der Waals surface area contributed by atoms with Gasteiger partial charge in [0, 0.05) is 25.1 Å². The van der Waals surface area contributed by atoms with Crippen molar-refractivity contribution in [2.45, 2.75) is 46.5 Å². The number of nitrogen functional groups attached to an aromatic ring is 1. The molecule has 1 unspecified atom stereocenters. The van der Waals surface area contributed by atoms with Crippen LogP contribution >= 0.6 is 0 Å². The molecule has 1 fully saturated rings.